The van der Waals surface area contributed by atoms with Gasteiger partial charge in [-0.3, -0.25) is 23.7 Å². The topological polar surface area (TPSA) is 110 Å². The maximum Gasteiger partial charge on any atom is 0.278 e. The molecular formula is C26H22N4O4. The number of hydrogen-bond acceptors (Lipinski definition) is 5. The molecule has 0 fully saturated rings. The molecule has 0 bridgehead atoms. The van der Waals surface area contributed by atoms with Crippen LogP contribution >= 0.6 is 0 Å². The highest BCUT2D eigenvalue weighted by Gasteiger charge is 2.18. The van der Waals surface area contributed by atoms with E-state index in [0.717, 1.165) is 0 Å². The minimum Gasteiger partial charge on any atom is -0.326 e. The largest absolute Gasteiger partial charge is 0.326 e. The number of aromatic nitrogens is 2. The van der Waals surface area contributed by atoms with Crippen molar-refractivity contribution in [3.8, 4) is 11.3 Å². The van der Waals surface area contributed by atoms with Crippen LogP contribution in [0.1, 0.15) is 24.2 Å². The number of nitrogens with zero attached hydrogens (tertiary/aromatic N) is 2. The lowest BCUT2D eigenvalue weighted by Gasteiger charge is -2.14. The van der Waals surface area contributed by atoms with Gasteiger partial charge in [-0.1, -0.05) is 42.5 Å². The van der Waals surface area contributed by atoms with Crippen LogP contribution in [0.4, 0.5) is 11.4 Å². The van der Waals surface area contributed by atoms with Gasteiger partial charge in [0, 0.05) is 23.7 Å². The fraction of sp³-hybridized carbons (Fsp3) is 0.115. The van der Waals surface area contributed by atoms with E-state index in [1.165, 1.54) is 18.4 Å². The number of carbonyl (C=O) groups excluding carboxylic acids is 3. The zero-order chi connectivity index (χ0) is 24.2. The Kier molecular flexibility index (Phi) is 6.31. The van der Waals surface area contributed by atoms with Gasteiger partial charge in [-0.25, -0.2) is 4.98 Å². The van der Waals surface area contributed by atoms with Crippen LogP contribution in [0.3, 0.4) is 0 Å². The van der Waals surface area contributed by atoms with Crippen molar-refractivity contribution < 1.29 is 14.4 Å². The maximum absolute atomic E-state index is 13.5. The number of Topliss-reactive ketones (excluding diaryl/α,β-unsaturated/α-hetero) is 1. The number of rotatable bonds is 6. The van der Waals surface area contributed by atoms with E-state index in [1.54, 1.807) is 72.8 Å². The molecule has 170 valence electrons. The zero-order valence-electron chi connectivity index (χ0n) is 18.7. The molecule has 0 aliphatic rings. The molecule has 34 heavy (non-hydrogen) atoms. The Morgan fingerprint density at radius 2 is 1.62 bits per heavy atom. The fourth-order valence-corrected chi connectivity index (χ4v) is 3.67. The number of nitrogens with one attached hydrogen (secondary N) is 2. The third-order valence-electron chi connectivity index (χ3n) is 5.20. The molecule has 0 aliphatic heterocycles. The van der Waals surface area contributed by atoms with Gasteiger partial charge in [0.25, 0.3) is 5.56 Å². The number of amides is 2. The van der Waals surface area contributed by atoms with Gasteiger partial charge in [-0.2, -0.15) is 0 Å². The summed E-state index contributed by atoms with van der Waals surface area (Å²) in [4.78, 5) is 54.2. The number of carbonyl (C=O) groups is 3. The molecule has 8 heteroatoms. The van der Waals surface area contributed by atoms with Crippen molar-refractivity contribution in [3.63, 3.8) is 0 Å². The van der Waals surface area contributed by atoms with Crippen molar-refractivity contribution >= 4 is 40.0 Å². The van der Waals surface area contributed by atoms with E-state index in [4.69, 9.17) is 0 Å². The molecule has 8 nitrogen and oxygen atoms in total. The molecule has 2 amide bonds. The predicted octanol–water partition coefficient (Wildman–Crippen LogP) is 3.86. The van der Waals surface area contributed by atoms with Crippen molar-refractivity contribution in [1.82, 2.24) is 9.55 Å². The van der Waals surface area contributed by atoms with Crippen LogP contribution in [0.2, 0.25) is 0 Å². The van der Waals surface area contributed by atoms with Crippen molar-refractivity contribution in [3.05, 3.63) is 88.7 Å². The molecule has 0 atom stereocenters. The Balaban J connectivity index is 1.77. The summed E-state index contributed by atoms with van der Waals surface area (Å²) in [6.07, 6.45) is 0. The first-order chi connectivity index (χ1) is 16.3. The minimum absolute atomic E-state index is 0.116. The summed E-state index contributed by atoms with van der Waals surface area (Å²) in [7, 11) is 0. The maximum atomic E-state index is 13.5. The second kappa shape index (κ2) is 9.50. The SMILES string of the molecule is CC(=O)Nc1ccccc1-c1nc2ccccc2n(CC(=O)Nc2cccc(C(C)=O)c2)c1=O. The van der Waals surface area contributed by atoms with Gasteiger partial charge in [0.1, 0.15) is 12.2 Å². The second-order valence-electron chi connectivity index (χ2n) is 7.75. The summed E-state index contributed by atoms with van der Waals surface area (Å²) in [5, 5.41) is 5.47. The summed E-state index contributed by atoms with van der Waals surface area (Å²) in [5.74, 6) is -0.823. The minimum atomic E-state index is -0.468. The summed E-state index contributed by atoms with van der Waals surface area (Å²) < 4.78 is 1.35. The number of benzene rings is 3. The Morgan fingerprint density at radius 3 is 2.38 bits per heavy atom. The lowest BCUT2D eigenvalue weighted by molar-refractivity contribution is -0.117. The van der Waals surface area contributed by atoms with E-state index in [1.807, 2.05) is 0 Å². The van der Waals surface area contributed by atoms with Gasteiger partial charge in [-0.15, -0.1) is 0 Å². The van der Waals surface area contributed by atoms with E-state index >= 15 is 0 Å². The van der Waals surface area contributed by atoms with Gasteiger partial charge in [0.05, 0.1) is 16.7 Å². The Hall–Kier alpha value is -4.59. The predicted molar refractivity (Wildman–Crippen MR) is 131 cm³/mol. The molecule has 1 heterocycles. The zero-order valence-corrected chi connectivity index (χ0v) is 18.7. The highest BCUT2D eigenvalue weighted by atomic mass is 16.2. The van der Waals surface area contributed by atoms with Gasteiger partial charge in [0.15, 0.2) is 5.78 Å². The highest BCUT2D eigenvalue weighted by molar-refractivity contribution is 5.97. The van der Waals surface area contributed by atoms with Crippen LogP contribution in [0.15, 0.2) is 77.6 Å². The average Bonchev–Trinajstić information content (AvgIpc) is 2.81. The highest BCUT2D eigenvalue weighted by Crippen LogP contribution is 2.25. The van der Waals surface area contributed by atoms with E-state index in [2.05, 4.69) is 15.6 Å². The Labute approximate surface area is 195 Å². The molecule has 1 aromatic heterocycles. The fourth-order valence-electron chi connectivity index (χ4n) is 3.67. The number of anilines is 2. The van der Waals surface area contributed by atoms with E-state index in [9.17, 15) is 19.2 Å². The first kappa shape index (κ1) is 22.6. The molecule has 0 unspecified atom stereocenters. The van der Waals surface area contributed by atoms with Crippen molar-refractivity contribution in [1.29, 1.82) is 0 Å². The third-order valence-corrected chi connectivity index (χ3v) is 5.20. The molecule has 0 radical (unpaired) electrons. The van der Waals surface area contributed by atoms with E-state index in [-0.39, 0.29) is 23.9 Å². The average molecular weight is 454 g/mol. The first-order valence-electron chi connectivity index (χ1n) is 10.6. The summed E-state index contributed by atoms with van der Waals surface area (Å²) in [6.45, 7) is 2.57. The summed E-state index contributed by atoms with van der Waals surface area (Å²) in [6, 6.07) is 20.5. The number of ketones is 1. The van der Waals surface area contributed by atoms with Crippen LogP contribution in [0.5, 0.6) is 0 Å². The monoisotopic (exact) mass is 454 g/mol. The smallest absolute Gasteiger partial charge is 0.278 e. The third kappa shape index (κ3) is 4.75. The number of fused-ring (bicyclic) bond motifs is 1. The molecule has 4 rings (SSSR count). The lowest BCUT2D eigenvalue weighted by Crippen LogP contribution is -2.30. The molecule has 0 saturated heterocycles. The standard InChI is InChI=1S/C26H22N4O4/c1-16(31)18-8-7-9-19(14-18)28-24(33)15-30-23-13-6-5-12-22(23)29-25(26(30)34)20-10-3-4-11-21(20)27-17(2)32/h3-14H,15H2,1-2H3,(H,27,32)(H,28,33). The number of hydrogen-bond donors (Lipinski definition) is 2. The second-order valence-corrected chi connectivity index (χ2v) is 7.75. The summed E-state index contributed by atoms with van der Waals surface area (Å²) in [5.41, 5.74) is 2.52. The molecule has 0 spiro atoms. The van der Waals surface area contributed by atoms with Crippen molar-refractivity contribution in [2.45, 2.75) is 20.4 Å². The van der Waals surface area contributed by atoms with Crippen LogP contribution in [0, 0.1) is 0 Å². The molecular weight excluding hydrogens is 432 g/mol. The van der Waals surface area contributed by atoms with Crippen LogP contribution in [0.25, 0.3) is 22.3 Å². The van der Waals surface area contributed by atoms with Crippen molar-refractivity contribution in [2.24, 2.45) is 0 Å². The molecule has 2 N–H and O–H groups in total. The molecule has 0 saturated carbocycles. The normalized spacial score (nSPS) is 10.6. The van der Waals surface area contributed by atoms with Gasteiger partial charge < -0.3 is 10.6 Å². The molecule has 4 aromatic rings. The van der Waals surface area contributed by atoms with Crippen LogP contribution in [-0.2, 0) is 16.1 Å². The lowest BCUT2D eigenvalue weighted by atomic mass is 10.1. The first-order valence-corrected chi connectivity index (χ1v) is 10.6. The van der Waals surface area contributed by atoms with E-state index < -0.39 is 11.5 Å². The van der Waals surface area contributed by atoms with Crippen molar-refractivity contribution in [2.75, 3.05) is 10.6 Å². The van der Waals surface area contributed by atoms with Crippen LogP contribution in [-0.4, -0.2) is 27.1 Å². The van der Waals surface area contributed by atoms with E-state index in [0.29, 0.717) is 33.5 Å². The van der Waals surface area contributed by atoms with Gasteiger partial charge in [-0.05, 0) is 37.3 Å². The summed E-state index contributed by atoms with van der Waals surface area (Å²) >= 11 is 0. The molecule has 0 aliphatic carbocycles. The quantitative estimate of drug-likeness (QED) is 0.430. The van der Waals surface area contributed by atoms with Gasteiger partial charge in [0.2, 0.25) is 11.8 Å². The Bertz CT molecular complexity index is 1490. The Morgan fingerprint density at radius 1 is 0.882 bits per heavy atom. The van der Waals surface area contributed by atoms with Gasteiger partial charge >= 0.3 is 0 Å². The molecule has 3 aromatic carbocycles. The van der Waals surface area contributed by atoms with Crippen LogP contribution < -0.4 is 16.2 Å². The number of para-hydroxylation sites is 3.